The molecule has 0 aliphatic heterocycles. The molecule has 3 heteroatoms. The minimum atomic E-state index is -0.413. The van der Waals surface area contributed by atoms with Crippen LogP contribution in [0.1, 0.15) is 43.4 Å². The van der Waals surface area contributed by atoms with Gasteiger partial charge in [-0.2, -0.15) is 0 Å². The summed E-state index contributed by atoms with van der Waals surface area (Å²) >= 11 is 0. The highest BCUT2D eigenvalue weighted by molar-refractivity contribution is 5.27. The molecule has 0 fully saturated rings. The smallest absolute Gasteiger partial charge is 0.0804 e. The lowest BCUT2D eigenvalue weighted by Gasteiger charge is -2.23. The van der Waals surface area contributed by atoms with E-state index in [1.165, 1.54) is 0 Å². The Hall–Kier alpha value is -0.900. The molecule has 0 bridgehead atoms. The molecular weight excluding hydrogens is 238 g/mol. The Kier molecular flexibility index (Phi) is 7.72. The fraction of sp³-hybridized carbons (Fsp3) is 0.625. The third-order valence-corrected chi connectivity index (χ3v) is 3.51. The van der Waals surface area contributed by atoms with Crippen molar-refractivity contribution < 1.29 is 10.2 Å². The number of aryl methyl sites for hydroxylation is 1. The fourth-order valence-corrected chi connectivity index (χ4v) is 2.28. The lowest BCUT2D eigenvalue weighted by molar-refractivity contribution is 0.129. The Bertz CT molecular complexity index is 354. The van der Waals surface area contributed by atoms with Gasteiger partial charge in [0.1, 0.15) is 0 Å². The molecule has 108 valence electrons. The second-order valence-electron chi connectivity index (χ2n) is 5.08. The van der Waals surface area contributed by atoms with Gasteiger partial charge in [0.2, 0.25) is 0 Å². The van der Waals surface area contributed by atoms with Gasteiger partial charge in [-0.15, -0.1) is 0 Å². The Morgan fingerprint density at radius 1 is 1.16 bits per heavy atom. The number of unbranched alkanes of at least 4 members (excludes halogenated alkanes) is 1. The summed E-state index contributed by atoms with van der Waals surface area (Å²) in [6.07, 6.45) is 2.60. The summed E-state index contributed by atoms with van der Waals surface area (Å²) in [5.41, 5.74) is 2.15. The third-order valence-electron chi connectivity index (χ3n) is 3.51. The van der Waals surface area contributed by atoms with Crippen molar-refractivity contribution in [1.82, 2.24) is 4.90 Å². The van der Waals surface area contributed by atoms with Crippen molar-refractivity contribution in [2.24, 2.45) is 0 Å². The molecule has 0 aliphatic carbocycles. The van der Waals surface area contributed by atoms with E-state index in [-0.39, 0.29) is 6.61 Å². The van der Waals surface area contributed by atoms with Gasteiger partial charge in [0, 0.05) is 13.1 Å². The molecule has 3 nitrogen and oxygen atoms in total. The first-order valence-electron chi connectivity index (χ1n) is 7.25. The second-order valence-corrected chi connectivity index (χ2v) is 5.08. The van der Waals surface area contributed by atoms with E-state index in [4.69, 9.17) is 5.11 Å². The molecule has 0 saturated carbocycles. The van der Waals surface area contributed by atoms with E-state index in [0.29, 0.717) is 13.0 Å². The summed E-state index contributed by atoms with van der Waals surface area (Å²) in [4.78, 5) is 2.23. The first kappa shape index (κ1) is 16.2. The molecule has 0 aliphatic rings. The van der Waals surface area contributed by atoms with Gasteiger partial charge in [-0.3, -0.25) is 0 Å². The van der Waals surface area contributed by atoms with Gasteiger partial charge < -0.3 is 15.1 Å². The topological polar surface area (TPSA) is 43.7 Å². The molecule has 0 radical (unpaired) electrons. The molecule has 0 spiro atoms. The summed E-state index contributed by atoms with van der Waals surface area (Å²) in [5, 5.41) is 19.3. The summed E-state index contributed by atoms with van der Waals surface area (Å²) in [7, 11) is 0. The summed E-state index contributed by atoms with van der Waals surface area (Å²) in [6, 6.07) is 7.97. The van der Waals surface area contributed by atoms with E-state index in [9.17, 15) is 5.11 Å². The van der Waals surface area contributed by atoms with E-state index in [1.807, 2.05) is 31.2 Å². The summed E-state index contributed by atoms with van der Waals surface area (Å²) in [6.45, 7) is 6.90. The fourth-order valence-electron chi connectivity index (χ4n) is 2.28. The van der Waals surface area contributed by atoms with Crippen LogP contribution in [0.5, 0.6) is 0 Å². The predicted octanol–water partition coefficient (Wildman–Crippen LogP) is 2.51. The van der Waals surface area contributed by atoms with Crippen LogP contribution in [-0.4, -0.2) is 41.4 Å². The maximum absolute atomic E-state index is 10.3. The highest BCUT2D eigenvalue weighted by atomic mass is 16.3. The Morgan fingerprint density at radius 2 is 1.89 bits per heavy atom. The number of rotatable bonds is 9. The molecule has 1 aromatic rings. The molecular formula is C16H27NO2. The molecule has 0 amide bonds. The van der Waals surface area contributed by atoms with E-state index in [2.05, 4.69) is 11.8 Å². The Balaban J connectivity index is 2.47. The predicted molar refractivity (Wildman–Crippen MR) is 79.2 cm³/mol. The molecule has 0 heterocycles. The summed E-state index contributed by atoms with van der Waals surface area (Å²) in [5.74, 6) is 0. The standard InChI is InChI=1S/C16H27NO2/c1-3-4-10-17(12-13-18)11-9-16(19)15-8-6-5-7-14(15)2/h5-8,16,18-19H,3-4,9-13H2,1-2H3. The van der Waals surface area contributed by atoms with Gasteiger partial charge in [0.05, 0.1) is 12.7 Å². The minimum Gasteiger partial charge on any atom is -0.395 e. The minimum absolute atomic E-state index is 0.185. The maximum atomic E-state index is 10.3. The van der Waals surface area contributed by atoms with Crippen LogP contribution in [-0.2, 0) is 0 Å². The van der Waals surface area contributed by atoms with Crippen LogP contribution in [0.2, 0.25) is 0 Å². The van der Waals surface area contributed by atoms with Crippen molar-refractivity contribution in [3.05, 3.63) is 35.4 Å². The zero-order valence-corrected chi connectivity index (χ0v) is 12.2. The molecule has 1 rings (SSSR count). The molecule has 0 aromatic heterocycles. The number of hydrogen-bond donors (Lipinski definition) is 2. The average molecular weight is 265 g/mol. The van der Waals surface area contributed by atoms with Gasteiger partial charge in [-0.1, -0.05) is 37.6 Å². The zero-order valence-electron chi connectivity index (χ0n) is 12.2. The lowest BCUT2D eigenvalue weighted by Crippen LogP contribution is -2.30. The molecule has 0 saturated heterocycles. The van der Waals surface area contributed by atoms with E-state index in [1.54, 1.807) is 0 Å². The zero-order chi connectivity index (χ0) is 14.1. The monoisotopic (exact) mass is 265 g/mol. The average Bonchev–Trinajstić information content (AvgIpc) is 2.42. The van der Waals surface area contributed by atoms with Crippen LogP contribution in [0.4, 0.5) is 0 Å². The molecule has 1 aromatic carbocycles. The highest BCUT2D eigenvalue weighted by Crippen LogP contribution is 2.20. The third kappa shape index (κ3) is 5.72. The maximum Gasteiger partial charge on any atom is 0.0804 e. The van der Waals surface area contributed by atoms with Crippen molar-refractivity contribution in [3.63, 3.8) is 0 Å². The number of aliphatic hydroxyl groups excluding tert-OH is 2. The van der Waals surface area contributed by atoms with Crippen LogP contribution < -0.4 is 0 Å². The normalized spacial score (nSPS) is 12.9. The highest BCUT2D eigenvalue weighted by Gasteiger charge is 2.12. The van der Waals surface area contributed by atoms with Crippen molar-refractivity contribution in [3.8, 4) is 0 Å². The van der Waals surface area contributed by atoms with Gasteiger partial charge in [0.15, 0.2) is 0 Å². The second kappa shape index (κ2) is 9.08. The Morgan fingerprint density at radius 3 is 2.53 bits per heavy atom. The van der Waals surface area contributed by atoms with Crippen LogP contribution in [0.15, 0.2) is 24.3 Å². The number of hydrogen-bond acceptors (Lipinski definition) is 3. The molecule has 2 N–H and O–H groups in total. The SMILES string of the molecule is CCCCN(CCO)CCC(O)c1ccccc1C. The molecule has 1 unspecified atom stereocenters. The van der Waals surface area contributed by atoms with Crippen molar-refractivity contribution in [1.29, 1.82) is 0 Å². The molecule has 1 atom stereocenters. The first-order valence-corrected chi connectivity index (χ1v) is 7.25. The van der Waals surface area contributed by atoms with Gasteiger partial charge in [-0.25, -0.2) is 0 Å². The van der Waals surface area contributed by atoms with Gasteiger partial charge in [0.25, 0.3) is 0 Å². The van der Waals surface area contributed by atoms with Gasteiger partial charge >= 0.3 is 0 Å². The number of aliphatic hydroxyl groups is 2. The van der Waals surface area contributed by atoms with Gasteiger partial charge in [-0.05, 0) is 37.4 Å². The lowest BCUT2D eigenvalue weighted by atomic mass is 10.0. The van der Waals surface area contributed by atoms with Crippen molar-refractivity contribution in [2.75, 3.05) is 26.2 Å². The largest absolute Gasteiger partial charge is 0.395 e. The molecule has 19 heavy (non-hydrogen) atoms. The van der Waals surface area contributed by atoms with Crippen molar-refractivity contribution in [2.45, 2.75) is 39.2 Å². The number of nitrogens with zero attached hydrogens (tertiary/aromatic N) is 1. The summed E-state index contributed by atoms with van der Waals surface area (Å²) < 4.78 is 0. The van der Waals surface area contributed by atoms with E-state index in [0.717, 1.165) is 37.1 Å². The number of benzene rings is 1. The van der Waals surface area contributed by atoms with Crippen LogP contribution >= 0.6 is 0 Å². The van der Waals surface area contributed by atoms with Crippen LogP contribution in [0, 0.1) is 6.92 Å². The first-order chi connectivity index (χ1) is 9.19. The quantitative estimate of drug-likeness (QED) is 0.721. The van der Waals surface area contributed by atoms with Crippen LogP contribution in [0.3, 0.4) is 0 Å². The van der Waals surface area contributed by atoms with E-state index < -0.39 is 6.10 Å². The Labute approximate surface area is 116 Å². The van der Waals surface area contributed by atoms with Crippen LogP contribution in [0.25, 0.3) is 0 Å². The van der Waals surface area contributed by atoms with Crippen molar-refractivity contribution >= 4 is 0 Å². The van der Waals surface area contributed by atoms with E-state index >= 15 is 0 Å².